The van der Waals surface area contributed by atoms with Crippen molar-refractivity contribution in [1.29, 1.82) is 0 Å². The molecule has 1 heterocycles. The van der Waals surface area contributed by atoms with Gasteiger partial charge in [0.1, 0.15) is 5.75 Å². The maximum absolute atomic E-state index is 12.7. The van der Waals surface area contributed by atoms with Crippen LogP contribution in [0.25, 0.3) is 6.08 Å². The lowest BCUT2D eigenvalue weighted by atomic mass is 10.1. The monoisotopic (exact) mass is 400 g/mol. The number of halogens is 1. The third-order valence-corrected chi connectivity index (χ3v) is 4.34. The first-order valence-electron chi connectivity index (χ1n) is 7.81. The van der Waals surface area contributed by atoms with Gasteiger partial charge >= 0.3 is 0 Å². The van der Waals surface area contributed by atoms with E-state index in [-0.39, 0.29) is 18.4 Å². The Morgan fingerprint density at radius 2 is 2.04 bits per heavy atom. The second-order valence-corrected chi connectivity index (χ2v) is 6.44. The number of rotatable bonds is 3. The quantitative estimate of drug-likeness (QED) is 0.805. The van der Waals surface area contributed by atoms with Crippen LogP contribution in [-0.4, -0.2) is 31.5 Å². The molecule has 1 aliphatic rings. The molecule has 6 heteroatoms. The highest BCUT2D eigenvalue weighted by Crippen LogP contribution is 2.33. The number of carbonyl (C=O) groups excluding carboxylic acids is 2. The Labute approximate surface area is 154 Å². The minimum atomic E-state index is -0.733. The van der Waals surface area contributed by atoms with Crippen molar-refractivity contribution >= 4 is 39.5 Å². The number of fused-ring (bicyclic) bond motifs is 1. The predicted octanol–water partition coefficient (Wildman–Crippen LogP) is 3.00. The molecular formula is C19H17BrN2O3. The number of nitrogens with one attached hydrogen (secondary N) is 1. The minimum Gasteiger partial charge on any atom is -0.477 e. The molecular weight excluding hydrogens is 384 g/mol. The number of hydrogen-bond acceptors (Lipinski definition) is 3. The van der Waals surface area contributed by atoms with E-state index in [1.807, 2.05) is 36.4 Å². The summed E-state index contributed by atoms with van der Waals surface area (Å²) in [6.07, 6.45) is 2.52. The van der Waals surface area contributed by atoms with Gasteiger partial charge in [-0.15, -0.1) is 0 Å². The fraction of sp³-hybridized carbons (Fsp3) is 0.158. The number of hydrogen-bond donors (Lipinski definition) is 1. The molecule has 0 radical (unpaired) electrons. The molecule has 128 valence electrons. The Bertz CT molecular complexity index is 835. The lowest BCUT2D eigenvalue weighted by molar-refractivity contribution is -0.127. The first-order chi connectivity index (χ1) is 12.1. The van der Waals surface area contributed by atoms with Crippen LogP contribution in [0.3, 0.4) is 0 Å². The second-order valence-electron chi connectivity index (χ2n) is 5.53. The van der Waals surface area contributed by atoms with Gasteiger partial charge in [0.25, 0.3) is 11.8 Å². The standard InChI is InChI=1S/C19H17BrN2O3/c1-21-19(24)17-12-22(15-7-2-3-8-16(15)25-17)18(23)10-9-13-5-4-6-14(20)11-13/h2-11,17H,12H2,1H3,(H,21,24)/b10-9+/t17-/m1/s1. The van der Waals surface area contributed by atoms with E-state index in [9.17, 15) is 9.59 Å². The van der Waals surface area contributed by atoms with E-state index in [1.165, 1.54) is 6.08 Å². The maximum atomic E-state index is 12.7. The summed E-state index contributed by atoms with van der Waals surface area (Å²) in [5, 5.41) is 2.56. The van der Waals surface area contributed by atoms with Crippen LogP contribution in [0.15, 0.2) is 59.1 Å². The fourth-order valence-corrected chi connectivity index (χ4v) is 3.03. The van der Waals surface area contributed by atoms with Gasteiger partial charge in [0.2, 0.25) is 0 Å². The molecule has 2 amide bonds. The highest BCUT2D eigenvalue weighted by molar-refractivity contribution is 9.10. The topological polar surface area (TPSA) is 58.6 Å². The summed E-state index contributed by atoms with van der Waals surface area (Å²) in [6, 6.07) is 14.9. The Morgan fingerprint density at radius 1 is 1.24 bits per heavy atom. The van der Waals surface area contributed by atoms with Crippen LogP contribution in [0.4, 0.5) is 5.69 Å². The summed E-state index contributed by atoms with van der Waals surface area (Å²) in [5.41, 5.74) is 1.57. The molecule has 0 unspecified atom stereocenters. The van der Waals surface area contributed by atoms with Crippen LogP contribution in [-0.2, 0) is 9.59 Å². The number of para-hydroxylation sites is 2. The molecule has 2 aromatic carbocycles. The summed E-state index contributed by atoms with van der Waals surface area (Å²) in [7, 11) is 1.55. The van der Waals surface area contributed by atoms with Gasteiger partial charge in [-0.25, -0.2) is 0 Å². The fourth-order valence-electron chi connectivity index (χ4n) is 2.61. The summed E-state index contributed by atoms with van der Waals surface area (Å²) in [6.45, 7) is 0.165. The minimum absolute atomic E-state index is 0.165. The largest absolute Gasteiger partial charge is 0.477 e. The number of ether oxygens (including phenoxy) is 1. The van der Waals surface area contributed by atoms with Crippen molar-refractivity contribution in [2.24, 2.45) is 0 Å². The van der Waals surface area contributed by atoms with E-state index in [2.05, 4.69) is 21.2 Å². The van der Waals surface area contributed by atoms with Gasteiger partial charge in [-0.1, -0.05) is 40.2 Å². The molecule has 0 saturated carbocycles. The Morgan fingerprint density at radius 3 is 2.80 bits per heavy atom. The van der Waals surface area contributed by atoms with Gasteiger partial charge in [0.05, 0.1) is 12.2 Å². The normalized spacial score (nSPS) is 16.2. The van der Waals surface area contributed by atoms with Gasteiger partial charge < -0.3 is 15.0 Å². The zero-order valence-corrected chi connectivity index (χ0v) is 15.2. The number of carbonyl (C=O) groups is 2. The number of amides is 2. The Hall–Kier alpha value is -2.60. The number of nitrogens with zero attached hydrogens (tertiary/aromatic N) is 1. The van der Waals surface area contributed by atoms with Gasteiger partial charge in [-0.2, -0.15) is 0 Å². The smallest absolute Gasteiger partial charge is 0.262 e. The summed E-state index contributed by atoms with van der Waals surface area (Å²) < 4.78 is 6.65. The molecule has 3 rings (SSSR count). The SMILES string of the molecule is CNC(=O)[C@H]1CN(C(=O)/C=C/c2cccc(Br)c2)c2ccccc2O1. The van der Waals surface area contributed by atoms with Crippen LogP contribution < -0.4 is 15.0 Å². The second kappa shape index (κ2) is 7.53. The van der Waals surface area contributed by atoms with E-state index in [0.29, 0.717) is 11.4 Å². The molecule has 0 saturated heterocycles. The summed E-state index contributed by atoms with van der Waals surface area (Å²) in [4.78, 5) is 26.2. The highest BCUT2D eigenvalue weighted by Gasteiger charge is 2.32. The third kappa shape index (κ3) is 3.91. The molecule has 0 spiro atoms. The van der Waals surface area contributed by atoms with E-state index < -0.39 is 6.10 Å². The Balaban J connectivity index is 1.86. The lowest BCUT2D eigenvalue weighted by Gasteiger charge is -2.33. The van der Waals surface area contributed by atoms with Crippen molar-refractivity contribution in [3.05, 3.63) is 64.6 Å². The van der Waals surface area contributed by atoms with E-state index >= 15 is 0 Å². The number of likely N-dealkylation sites (N-methyl/N-ethyl adjacent to an activating group) is 1. The van der Waals surface area contributed by atoms with Crippen molar-refractivity contribution < 1.29 is 14.3 Å². The van der Waals surface area contributed by atoms with Crippen molar-refractivity contribution in [2.75, 3.05) is 18.5 Å². The van der Waals surface area contributed by atoms with E-state index in [0.717, 1.165) is 10.0 Å². The molecule has 0 aliphatic carbocycles. The average molecular weight is 401 g/mol. The van der Waals surface area contributed by atoms with Gasteiger partial charge in [0.15, 0.2) is 6.10 Å². The van der Waals surface area contributed by atoms with Crippen LogP contribution in [0.2, 0.25) is 0 Å². The molecule has 0 fully saturated rings. The van der Waals surface area contributed by atoms with Crippen molar-refractivity contribution in [3.63, 3.8) is 0 Å². The van der Waals surface area contributed by atoms with E-state index in [1.54, 1.807) is 30.2 Å². The maximum Gasteiger partial charge on any atom is 0.262 e. The zero-order chi connectivity index (χ0) is 17.8. The average Bonchev–Trinajstić information content (AvgIpc) is 2.64. The van der Waals surface area contributed by atoms with Crippen LogP contribution in [0.1, 0.15) is 5.56 Å². The van der Waals surface area contributed by atoms with Crippen molar-refractivity contribution in [1.82, 2.24) is 5.32 Å². The number of anilines is 1. The summed E-state index contributed by atoms with van der Waals surface area (Å²) >= 11 is 3.41. The third-order valence-electron chi connectivity index (χ3n) is 3.85. The van der Waals surface area contributed by atoms with Crippen molar-refractivity contribution in [2.45, 2.75) is 6.10 Å². The van der Waals surface area contributed by atoms with Crippen molar-refractivity contribution in [3.8, 4) is 5.75 Å². The van der Waals surface area contributed by atoms with Gasteiger partial charge in [-0.05, 0) is 35.9 Å². The molecule has 1 aliphatic heterocycles. The van der Waals surface area contributed by atoms with Crippen LogP contribution in [0.5, 0.6) is 5.75 Å². The molecule has 1 atom stereocenters. The van der Waals surface area contributed by atoms with E-state index in [4.69, 9.17) is 4.74 Å². The summed E-state index contributed by atoms with van der Waals surface area (Å²) in [5.74, 6) is 0.0551. The molecule has 0 aromatic heterocycles. The number of benzene rings is 2. The predicted molar refractivity (Wildman–Crippen MR) is 100 cm³/mol. The Kier molecular flexibility index (Phi) is 5.19. The first-order valence-corrected chi connectivity index (χ1v) is 8.60. The molecule has 5 nitrogen and oxygen atoms in total. The first kappa shape index (κ1) is 17.2. The van der Waals surface area contributed by atoms with Crippen LogP contribution >= 0.6 is 15.9 Å². The van der Waals surface area contributed by atoms with Gasteiger partial charge in [0, 0.05) is 17.6 Å². The molecule has 25 heavy (non-hydrogen) atoms. The van der Waals surface area contributed by atoms with Crippen LogP contribution in [0, 0.1) is 0 Å². The lowest BCUT2D eigenvalue weighted by Crippen LogP contribution is -2.49. The molecule has 2 aromatic rings. The molecule has 0 bridgehead atoms. The zero-order valence-electron chi connectivity index (χ0n) is 13.6. The van der Waals surface area contributed by atoms with Gasteiger partial charge in [-0.3, -0.25) is 9.59 Å². The molecule has 1 N–H and O–H groups in total. The highest BCUT2D eigenvalue weighted by atomic mass is 79.9.